The number of benzene rings is 2. The van der Waals surface area contributed by atoms with Crippen LogP contribution in [0.1, 0.15) is 67.5 Å². The van der Waals surface area contributed by atoms with Crippen LogP contribution in [0, 0.1) is 0 Å². The molecule has 3 aromatic rings. The Morgan fingerprint density at radius 3 is 2.13 bits per heavy atom. The average molecular weight is 536 g/mol. The number of amides is 3. The summed E-state index contributed by atoms with van der Waals surface area (Å²) in [5.41, 5.74) is 4.10. The molecule has 0 spiro atoms. The van der Waals surface area contributed by atoms with Gasteiger partial charge in [0, 0.05) is 37.4 Å². The van der Waals surface area contributed by atoms with Crippen molar-refractivity contribution in [2.24, 2.45) is 0 Å². The second-order valence-electron chi connectivity index (χ2n) is 10.1. The molecule has 3 amide bonds. The lowest BCUT2D eigenvalue weighted by molar-refractivity contribution is -0.133. The van der Waals surface area contributed by atoms with Crippen molar-refractivity contribution >= 4 is 29.0 Å². The van der Waals surface area contributed by atoms with Crippen LogP contribution < -0.4 is 5.32 Å². The number of hydrogen-bond acceptors (Lipinski definition) is 4. The number of rotatable bonds is 13. The van der Waals surface area contributed by atoms with Crippen molar-refractivity contribution in [1.29, 1.82) is 0 Å². The first-order valence-electron chi connectivity index (χ1n) is 13.3. The third-order valence-electron chi connectivity index (χ3n) is 6.49. The van der Waals surface area contributed by atoms with Crippen molar-refractivity contribution in [1.82, 2.24) is 9.80 Å². The summed E-state index contributed by atoms with van der Waals surface area (Å²) in [6, 6.07) is 19.9. The number of nitrogens with one attached hydrogen (secondary N) is 1. The van der Waals surface area contributed by atoms with E-state index in [1.807, 2.05) is 58.8 Å². The number of anilines is 1. The van der Waals surface area contributed by atoms with E-state index in [4.69, 9.17) is 4.74 Å². The monoisotopic (exact) mass is 535 g/mol. The molecule has 3 rings (SSSR count). The van der Waals surface area contributed by atoms with Gasteiger partial charge in [-0.2, -0.15) is 0 Å². The lowest BCUT2D eigenvalue weighted by atomic mass is 9.93. The van der Waals surface area contributed by atoms with Gasteiger partial charge in [-0.15, -0.1) is 11.3 Å². The number of carbonyl (C=O) groups excluding carboxylic acids is 2. The molecular formula is C31H41N3O3S. The fourth-order valence-electron chi connectivity index (χ4n) is 4.42. The van der Waals surface area contributed by atoms with Crippen LogP contribution in [-0.4, -0.2) is 48.5 Å². The van der Waals surface area contributed by atoms with Crippen molar-refractivity contribution in [2.75, 3.05) is 32.1 Å². The third kappa shape index (κ3) is 8.43. The second-order valence-corrected chi connectivity index (χ2v) is 11.2. The van der Waals surface area contributed by atoms with Gasteiger partial charge in [0.25, 0.3) is 0 Å². The van der Waals surface area contributed by atoms with Gasteiger partial charge in [-0.1, -0.05) is 82.3 Å². The van der Waals surface area contributed by atoms with E-state index in [1.54, 1.807) is 23.3 Å². The molecule has 0 aliphatic heterocycles. The SMILES string of the molecule is COCCCN(CC(=O)N(Cc1ccccc1)Cc1cccs1)C(=O)Nc1c(C(C)C)cccc1C(C)C. The highest BCUT2D eigenvalue weighted by molar-refractivity contribution is 7.09. The highest BCUT2D eigenvalue weighted by atomic mass is 32.1. The van der Waals surface area contributed by atoms with Crippen LogP contribution in [0.15, 0.2) is 66.0 Å². The van der Waals surface area contributed by atoms with E-state index in [0.29, 0.717) is 32.7 Å². The summed E-state index contributed by atoms with van der Waals surface area (Å²) < 4.78 is 5.24. The Bertz CT molecular complexity index is 1120. The van der Waals surface area contributed by atoms with Gasteiger partial charge < -0.3 is 19.9 Å². The van der Waals surface area contributed by atoms with Crippen molar-refractivity contribution in [3.63, 3.8) is 0 Å². The first-order chi connectivity index (χ1) is 18.3. The standard InChI is InChI=1S/C31H41N3O3S/c1-23(2)27-15-9-16-28(24(3)4)30(27)32-31(36)33(17-11-18-37-5)22-29(35)34(21-26-14-10-19-38-26)20-25-12-7-6-8-13-25/h6-10,12-16,19,23-24H,11,17-18,20-22H2,1-5H3,(H,32,36). The van der Waals surface area contributed by atoms with Crippen LogP contribution in [-0.2, 0) is 22.6 Å². The Hall–Kier alpha value is -3.16. The number of thiophene rings is 1. The number of hydrogen-bond donors (Lipinski definition) is 1. The predicted molar refractivity (Wildman–Crippen MR) is 157 cm³/mol. The molecule has 1 N–H and O–H groups in total. The third-order valence-corrected chi connectivity index (χ3v) is 7.35. The summed E-state index contributed by atoms with van der Waals surface area (Å²) in [6.45, 7) is 10.4. The van der Waals surface area contributed by atoms with Crippen LogP contribution in [0.5, 0.6) is 0 Å². The number of para-hydroxylation sites is 1. The minimum Gasteiger partial charge on any atom is -0.385 e. The molecule has 0 fully saturated rings. The first-order valence-corrected chi connectivity index (χ1v) is 14.2. The molecule has 2 aromatic carbocycles. The Balaban J connectivity index is 1.84. The fourth-order valence-corrected chi connectivity index (χ4v) is 5.14. The fraction of sp³-hybridized carbons (Fsp3) is 0.419. The van der Waals surface area contributed by atoms with Gasteiger partial charge >= 0.3 is 6.03 Å². The van der Waals surface area contributed by atoms with Crippen molar-refractivity contribution < 1.29 is 14.3 Å². The van der Waals surface area contributed by atoms with Gasteiger partial charge in [0.1, 0.15) is 6.54 Å². The number of nitrogens with zero attached hydrogens (tertiary/aromatic N) is 2. The lowest BCUT2D eigenvalue weighted by Crippen LogP contribution is -2.44. The van der Waals surface area contributed by atoms with Crippen molar-refractivity contribution in [3.8, 4) is 0 Å². The maximum absolute atomic E-state index is 13.7. The molecule has 204 valence electrons. The van der Waals surface area contributed by atoms with Crippen LogP contribution in [0.2, 0.25) is 0 Å². The summed E-state index contributed by atoms with van der Waals surface area (Å²) in [6.07, 6.45) is 0.643. The molecule has 0 aliphatic rings. The largest absolute Gasteiger partial charge is 0.385 e. The molecule has 0 unspecified atom stereocenters. The van der Waals surface area contributed by atoms with Crippen molar-refractivity contribution in [2.45, 2.75) is 59.0 Å². The molecule has 1 aromatic heterocycles. The number of carbonyl (C=O) groups is 2. The summed E-state index contributed by atoms with van der Waals surface area (Å²) in [5.74, 6) is 0.413. The molecule has 6 nitrogen and oxygen atoms in total. The van der Waals surface area contributed by atoms with Crippen LogP contribution in [0.3, 0.4) is 0 Å². The maximum atomic E-state index is 13.7. The Kier molecular flexibility index (Phi) is 11.4. The molecule has 7 heteroatoms. The second kappa shape index (κ2) is 14.7. The van der Waals surface area contributed by atoms with Crippen LogP contribution in [0.25, 0.3) is 0 Å². The lowest BCUT2D eigenvalue weighted by Gasteiger charge is -2.29. The number of urea groups is 1. The minimum absolute atomic E-state index is 0.00534. The van der Waals surface area contributed by atoms with Crippen LogP contribution in [0.4, 0.5) is 10.5 Å². The molecule has 38 heavy (non-hydrogen) atoms. The molecule has 0 radical (unpaired) electrons. The Morgan fingerprint density at radius 1 is 0.868 bits per heavy atom. The molecule has 0 saturated heterocycles. The number of ether oxygens (including phenoxy) is 1. The molecule has 0 bridgehead atoms. The molecule has 1 heterocycles. The van der Waals surface area contributed by atoms with Gasteiger partial charge in [-0.3, -0.25) is 4.79 Å². The van der Waals surface area contributed by atoms with Crippen molar-refractivity contribution in [3.05, 3.63) is 87.6 Å². The average Bonchev–Trinajstić information content (AvgIpc) is 3.41. The molecule has 0 saturated carbocycles. The molecule has 0 atom stereocenters. The Labute approximate surface area is 231 Å². The molecule has 0 aliphatic carbocycles. The highest BCUT2D eigenvalue weighted by Crippen LogP contribution is 2.32. The summed E-state index contributed by atoms with van der Waals surface area (Å²) in [7, 11) is 1.64. The quantitative estimate of drug-likeness (QED) is 0.238. The summed E-state index contributed by atoms with van der Waals surface area (Å²) in [4.78, 5) is 32.0. The zero-order valence-electron chi connectivity index (χ0n) is 23.3. The minimum atomic E-state index is -0.264. The molecular weight excluding hydrogens is 494 g/mol. The van der Waals surface area contributed by atoms with E-state index in [1.165, 1.54) is 0 Å². The van der Waals surface area contributed by atoms with E-state index in [2.05, 4.69) is 45.1 Å². The Morgan fingerprint density at radius 2 is 1.55 bits per heavy atom. The van der Waals surface area contributed by atoms with Gasteiger partial charge in [-0.25, -0.2) is 4.79 Å². The maximum Gasteiger partial charge on any atom is 0.322 e. The van der Waals surface area contributed by atoms with Gasteiger partial charge in [-0.05, 0) is 46.4 Å². The van der Waals surface area contributed by atoms with Gasteiger partial charge in [0.2, 0.25) is 5.91 Å². The zero-order valence-corrected chi connectivity index (χ0v) is 24.1. The number of methoxy groups -OCH3 is 1. The van der Waals surface area contributed by atoms with Gasteiger partial charge in [0.15, 0.2) is 0 Å². The smallest absolute Gasteiger partial charge is 0.322 e. The predicted octanol–water partition coefficient (Wildman–Crippen LogP) is 7.09. The zero-order chi connectivity index (χ0) is 27.5. The van der Waals surface area contributed by atoms with Gasteiger partial charge in [0.05, 0.1) is 6.54 Å². The normalized spacial score (nSPS) is 11.1. The van der Waals surface area contributed by atoms with E-state index in [9.17, 15) is 9.59 Å². The van der Waals surface area contributed by atoms with E-state index in [-0.39, 0.29) is 30.3 Å². The highest BCUT2D eigenvalue weighted by Gasteiger charge is 2.24. The first kappa shape index (κ1) is 29.4. The van der Waals surface area contributed by atoms with E-state index < -0.39 is 0 Å². The summed E-state index contributed by atoms with van der Waals surface area (Å²) in [5, 5.41) is 5.20. The van der Waals surface area contributed by atoms with Crippen LogP contribution >= 0.6 is 11.3 Å². The summed E-state index contributed by atoms with van der Waals surface area (Å²) >= 11 is 1.63. The topological polar surface area (TPSA) is 61.9 Å². The van der Waals surface area contributed by atoms with E-state index >= 15 is 0 Å². The van der Waals surface area contributed by atoms with E-state index in [0.717, 1.165) is 27.3 Å².